The smallest absolute Gasteiger partial charge is 0.264 e. The molecule has 1 heterocycles. The zero-order valence-corrected chi connectivity index (χ0v) is 9.88. The molecule has 0 aromatic rings. The van der Waals surface area contributed by atoms with Crippen molar-refractivity contribution in [3.63, 3.8) is 0 Å². The molecule has 0 unspecified atom stereocenters. The molecule has 90 valence electrons. The normalized spacial score (nSPS) is 28.1. The Morgan fingerprint density at radius 1 is 0.933 bits per heavy atom. The lowest BCUT2D eigenvalue weighted by molar-refractivity contribution is 0.102. The topological polar surface area (TPSA) is 96.0 Å². The van der Waals surface area contributed by atoms with Gasteiger partial charge in [0, 0.05) is 0 Å². The first-order chi connectivity index (χ1) is 6.67. The number of rotatable bonds is 4. The summed E-state index contributed by atoms with van der Waals surface area (Å²) in [6, 6.07) is 0. The van der Waals surface area contributed by atoms with Gasteiger partial charge < -0.3 is 4.74 Å². The third-order valence-electron chi connectivity index (χ3n) is 1.58. The van der Waals surface area contributed by atoms with E-state index in [1.165, 1.54) is 0 Å². The van der Waals surface area contributed by atoms with Crippen molar-refractivity contribution in [3.8, 4) is 0 Å². The van der Waals surface area contributed by atoms with Crippen LogP contribution < -0.4 is 0 Å². The molecule has 0 aliphatic carbocycles. The van der Waals surface area contributed by atoms with E-state index in [9.17, 15) is 16.8 Å². The lowest BCUT2D eigenvalue weighted by Gasteiger charge is -2.15. The molecule has 1 aliphatic rings. The van der Waals surface area contributed by atoms with Gasteiger partial charge >= 0.3 is 0 Å². The van der Waals surface area contributed by atoms with Gasteiger partial charge in [0.15, 0.2) is 0 Å². The Hall–Kier alpha value is -0.220. The van der Waals surface area contributed by atoms with Crippen molar-refractivity contribution in [1.29, 1.82) is 0 Å². The molecular formula is C6H12O7S2. The minimum Gasteiger partial charge on any atom is -0.376 e. The Morgan fingerprint density at radius 2 is 1.27 bits per heavy atom. The van der Waals surface area contributed by atoms with Gasteiger partial charge in [-0.1, -0.05) is 0 Å². The van der Waals surface area contributed by atoms with Crippen LogP contribution in [0.2, 0.25) is 0 Å². The van der Waals surface area contributed by atoms with E-state index < -0.39 is 32.4 Å². The maximum atomic E-state index is 10.8. The van der Waals surface area contributed by atoms with Gasteiger partial charge in [0.25, 0.3) is 20.2 Å². The van der Waals surface area contributed by atoms with Crippen molar-refractivity contribution < 1.29 is 29.9 Å². The zero-order chi connectivity index (χ0) is 11.7. The maximum Gasteiger partial charge on any atom is 0.264 e. The molecular weight excluding hydrogens is 248 g/mol. The standard InChI is InChI=1S/C6H12O7S2/c1-14(7,8)12-5-3-11-4-6(5)13-15(2,9)10/h5-6H,3-4H2,1-2H3/t5-,6-/m1/s1. The van der Waals surface area contributed by atoms with Crippen molar-refractivity contribution in [3.05, 3.63) is 0 Å². The number of hydrogen-bond acceptors (Lipinski definition) is 7. The molecule has 0 amide bonds. The molecule has 2 atom stereocenters. The predicted octanol–water partition coefficient (Wildman–Crippen LogP) is -1.29. The molecule has 1 aliphatic heterocycles. The molecule has 0 N–H and O–H groups in total. The fourth-order valence-corrected chi connectivity index (χ4v) is 2.40. The van der Waals surface area contributed by atoms with Crippen LogP contribution in [0.15, 0.2) is 0 Å². The van der Waals surface area contributed by atoms with Crippen molar-refractivity contribution in [2.45, 2.75) is 12.2 Å². The van der Waals surface area contributed by atoms with Crippen molar-refractivity contribution in [1.82, 2.24) is 0 Å². The summed E-state index contributed by atoms with van der Waals surface area (Å²) in [4.78, 5) is 0. The molecule has 9 heteroatoms. The Labute approximate surface area is 88.6 Å². The second-order valence-corrected chi connectivity index (χ2v) is 6.42. The fourth-order valence-electron chi connectivity index (χ4n) is 1.14. The van der Waals surface area contributed by atoms with E-state index in [1.807, 2.05) is 0 Å². The summed E-state index contributed by atoms with van der Waals surface area (Å²) < 4.78 is 57.4. The summed E-state index contributed by atoms with van der Waals surface area (Å²) in [7, 11) is -7.30. The average molecular weight is 260 g/mol. The van der Waals surface area contributed by atoms with Gasteiger partial charge in [-0.05, 0) is 0 Å². The fraction of sp³-hybridized carbons (Fsp3) is 1.00. The summed E-state index contributed by atoms with van der Waals surface area (Å²) >= 11 is 0. The van der Waals surface area contributed by atoms with Crippen LogP contribution in [0.4, 0.5) is 0 Å². The molecule has 0 aromatic carbocycles. The van der Waals surface area contributed by atoms with Gasteiger partial charge in [-0.2, -0.15) is 16.8 Å². The van der Waals surface area contributed by atoms with Gasteiger partial charge in [-0.3, -0.25) is 8.37 Å². The summed E-state index contributed by atoms with van der Waals surface area (Å²) in [5, 5.41) is 0. The van der Waals surface area contributed by atoms with E-state index in [2.05, 4.69) is 8.37 Å². The minimum atomic E-state index is -3.65. The van der Waals surface area contributed by atoms with Crippen molar-refractivity contribution in [2.75, 3.05) is 25.7 Å². The van der Waals surface area contributed by atoms with Gasteiger partial charge in [-0.25, -0.2) is 0 Å². The average Bonchev–Trinajstić information content (AvgIpc) is 2.29. The van der Waals surface area contributed by atoms with E-state index in [0.29, 0.717) is 0 Å². The maximum absolute atomic E-state index is 10.8. The van der Waals surface area contributed by atoms with E-state index in [0.717, 1.165) is 12.5 Å². The van der Waals surface area contributed by atoms with Crippen LogP contribution in [-0.4, -0.2) is 54.8 Å². The molecule has 7 nitrogen and oxygen atoms in total. The van der Waals surface area contributed by atoms with Crippen LogP contribution in [0, 0.1) is 0 Å². The molecule has 1 saturated heterocycles. The first-order valence-electron chi connectivity index (χ1n) is 4.02. The number of ether oxygens (including phenoxy) is 1. The second kappa shape index (κ2) is 4.34. The lowest BCUT2D eigenvalue weighted by atomic mass is 10.3. The second-order valence-electron chi connectivity index (χ2n) is 3.22. The van der Waals surface area contributed by atoms with Crippen LogP contribution in [0.5, 0.6) is 0 Å². The largest absolute Gasteiger partial charge is 0.376 e. The Balaban J connectivity index is 2.66. The first-order valence-corrected chi connectivity index (χ1v) is 7.65. The zero-order valence-electron chi connectivity index (χ0n) is 8.24. The molecule has 15 heavy (non-hydrogen) atoms. The highest BCUT2D eigenvalue weighted by atomic mass is 32.2. The molecule has 0 aromatic heterocycles. The van der Waals surface area contributed by atoms with Gasteiger partial charge in [0.2, 0.25) is 0 Å². The van der Waals surface area contributed by atoms with Crippen molar-refractivity contribution >= 4 is 20.2 Å². The molecule has 0 bridgehead atoms. The highest BCUT2D eigenvalue weighted by Crippen LogP contribution is 2.16. The van der Waals surface area contributed by atoms with Crippen LogP contribution >= 0.6 is 0 Å². The van der Waals surface area contributed by atoms with Crippen LogP contribution in [0.1, 0.15) is 0 Å². The van der Waals surface area contributed by atoms with E-state index >= 15 is 0 Å². The van der Waals surface area contributed by atoms with E-state index in [4.69, 9.17) is 4.74 Å². The third-order valence-corrected chi connectivity index (χ3v) is 2.77. The van der Waals surface area contributed by atoms with E-state index in [-0.39, 0.29) is 13.2 Å². The highest BCUT2D eigenvalue weighted by molar-refractivity contribution is 7.86. The third kappa shape index (κ3) is 4.89. The Morgan fingerprint density at radius 3 is 1.53 bits per heavy atom. The monoisotopic (exact) mass is 260 g/mol. The molecule has 1 rings (SSSR count). The van der Waals surface area contributed by atoms with Crippen LogP contribution in [0.3, 0.4) is 0 Å². The van der Waals surface area contributed by atoms with Crippen molar-refractivity contribution in [2.24, 2.45) is 0 Å². The van der Waals surface area contributed by atoms with E-state index in [1.54, 1.807) is 0 Å². The van der Waals surface area contributed by atoms with Gasteiger partial charge in [0.05, 0.1) is 25.7 Å². The molecule has 0 saturated carbocycles. The Bertz CT molecular complexity index is 369. The van der Waals surface area contributed by atoms with Gasteiger partial charge in [-0.15, -0.1) is 0 Å². The summed E-state index contributed by atoms with van der Waals surface area (Å²) in [5.74, 6) is 0. The Kier molecular flexibility index (Phi) is 3.71. The molecule has 0 radical (unpaired) electrons. The van der Waals surface area contributed by atoms with Crippen LogP contribution in [-0.2, 0) is 33.3 Å². The van der Waals surface area contributed by atoms with Crippen LogP contribution in [0.25, 0.3) is 0 Å². The predicted molar refractivity (Wildman–Crippen MR) is 50.3 cm³/mol. The summed E-state index contributed by atoms with van der Waals surface area (Å²) in [6.45, 7) is -0.0134. The minimum absolute atomic E-state index is 0.00669. The molecule has 1 fully saturated rings. The SMILES string of the molecule is CS(=O)(=O)O[C@@H]1COC[C@H]1OS(C)(=O)=O. The highest BCUT2D eigenvalue weighted by Gasteiger charge is 2.35. The quantitative estimate of drug-likeness (QED) is 0.580. The summed E-state index contributed by atoms with van der Waals surface area (Å²) in [6.07, 6.45) is -0.0597. The summed E-state index contributed by atoms with van der Waals surface area (Å²) in [5.41, 5.74) is 0. The van der Waals surface area contributed by atoms with Gasteiger partial charge in [0.1, 0.15) is 12.2 Å². The lowest BCUT2D eigenvalue weighted by Crippen LogP contribution is -2.33. The molecule has 0 spiro atoms. The number of hydrogen-bond donors (Lipinski definition) is 0. The first kappa shape index (κ1) is 12.8.